The van der Waals surface area contributed by atoms with Crippen molar-refractivity contribution in [3.8, 4) is 11.5 Å². The maximum Gasteiger partial charge on any atom is 0.161 e. The molecule has 24 heavy (non-hydrogen) atoms. The maximum atomic E-state index is 5.95. The number of benzene rings is 2. The molecule has 1 fully saturated rings. The van der Waals surface area contributed by atoms with Crippen LogP contribution in [0.2, 0.25) is 0 Å². The Labute approximate surface area is 144 Å². The predicted octanol–water partition coefficient (Wildman–Crippen LogP) is 3.24. The number of nitrogens with one attached hydrogen (secondary N) is 1. The van der Waals surface area contributed by atoms with Crippen LogP contribution in [0.3, 0.4) is 0 Å². The summed E-state index contributed by atoms with van der Waals surface area (Å²) in [5.41, 5.74) is 2.42. The van der Waals surface area contributed by atoms with Crippen LogP contribution in [-0.2, 0) is 6.61 Å². The van der Waals surface area contributed by atoms with E-state index >= 15 is 0 Å². The third-order valence-corrected chi connectivity index (χ3v) is 4.61. The fraction of sp³-hybridized carbons (Fsp3) is 0.400. The molecule has 0 saturated carbocycles. The van der Waals surface area contributed by atoms with Gasteiger partial charge < -0.3 is 14.8 Å². The summed E-state index contributed by atoms with van der Waals surface area (Å²) in [6, 6.07) is 16.8. The fourth-order valence-electron chi connectivity index (χ4n) is 3.08. The Kier molecular flexibility index (Phi) is 5.72. The summed E-state index contributed by atoms with van der Waals surface area (Å²) in [5.74, 6) is 1.59. The number of methoxy groups -OCH3 is 1. The summed E-state index contributed by atoms with van der Waals surface area (Å²) in [7, 11) is 1.70. The molecule has 4 heteroatoms. The highest BCUT2D eigenvalue weighted by Gasteiger charge is 2.19. The van der Waals surface area contributed by atoms with Crippen LogP contribution in [0.25, 0.3) is 0 Å². The van der Waals surface area contributed by atoms with Crippen LogP contribution in [0.4, 0.5) is 0 Å². The molecule has 1 unspecified atom stereocenters. The summed E-state index contributed by atoms with van der Waals surface area (Å²) < 4.78 is 11.5. The molecule has 4 nitrogen and oxygen atoms in total. The van der Waals surface area contributed by atoms with E-state index in [1.54, 1.807) is 7.11 Å². The zero-order valence-electron chi connectivity index (χ0n) is 14.5. The lowest BCUT2D eigenvalue weighted by molar-refractivity contribution is 0.185. The van der Waals surface area contributed by atoms with Gasteiger partial charge >= 0.3 is 0 Å². The largest absolute Gasteiger partial charge is 0.493 e. The van der Waals surface area contributed by atoms with Crippen LogP contribution in [0.15, 0.2) is 48.5 Å². The Hall–Kier alpha value is -2.04. The lowest BCUT2D eigenvalue weighted by atomic mass is 10.1. The van der Waals surface area contributed by atoms with Crippen molar-refractivity contribution in [3.63, 3.8) is 0 Å². The lowest BCUT2D eigenvalue weighted by Gasteiger charge is -2.33. The van der Waals surface area contributed by atoms with Gasteiger partial charge in [0.25, 0.3) is 0 Å². The molecule has 1 N–H and O–H groups in total. The maximum absolute atomic E-state index is 5.95. The van der Waals surface area contributed by atoms with Gasteiger partial charge in [-0.3, -0.25) is 4.90 Å². The van der Waals surface area contributed by atoms with Crippen molar-refractivity contribution in [1.82, 2.24) is 10.2 Å². The van der Waals surface area contributed by atoms with Crippen LogP contribution in [0, 0.1) is 0 Å². The Balaban J connectivity index is 1.70. The van der Waals surface area contributed by atoms with Gasteiger partial charge in [-0.2, -0.15) is 0 Å². The normalized spacial score (nSPS) is 16.6. The zero-order valence-corrected chi connectivity index (χ0v) is 14.5. The van der Waals surface area contributed by atoms with Crippen molar-refractivity contribution in [2.45, 2.75) is 19.6 Å². The second kappa shape index (κ2) is 8.18. The zero-order chi connectivity index (χ0) is 16.8. The van der Waals surface area contributed by atoms with Crippen molar-refractivity contribution >= 4 is 0 Å². The van der Waals surface area contributed by atoms with Gasteiger partial charge in [-0.25, -0.2) is 0 Å². The van der Waals surface area contributed by atoms with E-state index in [2.05, 4.69) is 41.4 Å². The smallest absolute Gasteiger partial charge is 0.161 e. The van der Waals surface area contributed by atoms with E-state index < -0.39 is 0 Å². The van der Waals surface area contributed by atoms with Gasteiger partial charge in [-0.1, -0.05) is 36.4 Å². The van der Waals surface area contributed by atoms with E-state index in [-0.39, 0.29) is 0 Å². The Bertz CT molecular complexity index is 639. The third kappa shape index (κ3) is 4.08. The van der Waals surface area contributed by atoms with Gasteiger partial charge in [0, 0.05) is 32.2 Å². The highest BCUT2D eigenvalue weighted by Crippen LogP contribution is 2.32. The summed E-state index contributed by atoms with van der Waals surface area (Å²) in [6.45, 7) is 7.07. The average molecular weight is 326 g/mol. The van der Waals surface area contributed by atoms with Crippen LogP contribution in [0.1, 0.15) is 24.1 Å². The van der Waals surface area contributed by atoms with Crippen molar-refractivity contribution in [1.29, 1.82) is 0 Å². The molecule has 1 saturated heterocycles. The number of ether oxygens (including phenoxy) is 2. The minimum Gasteiger partial charge on any atom is -0.493 e. The lowest BCUT2D eigenvalue weighted by Crippen LogP contribution is -2.44. The van der Waals surface area contributed by atoms with E-state index in [9.17, 15) is 0 Å². The number of hydrogen-bond donors (Lipinski definition) is 1. The van der Waals surface area contributed by atoms with E-state index in [1.165, 1.54) is 5.56 Å². The number of nitrogens with zero attached hydrogens (tertiary/aromatic N) is 1. The second-order valence-electron chi connectivity index (χ2n) is 6.15. The van der Waals surface area contributed by atoms with Crippen LogP contribution in [-0.4, -0.2) is 38.2 Å². The standard InChI is InChI=1S/C20H26N2O2/c1-16(22-12-10-21-11-13-22)18-8-9-19(20(14-18)23-2)24-15-17-6-4-3-5-7-17/h3-9,14,16,21H,10-13,15H2,1-2H3. The predicted molar refractivity (Wildman–Crippen MR) is 96.6 cm³/mol. The van der Waals surface area contributed by atoms with E-state index in [0.29, 0.717) is 12.6 Å². The second-order valence-corrected chi connectivity index (χ2v) is 6.15. The van der Waals surface area contributed by atoms with Crippen molar-refractivity contribution in [3.05, 3.63) is 59.7 Å². The van der Waals surface area contributed by atoms with E-state index in [4.69, 9.17) is 9.47 Å². The molecule has 0 amide bonds. The molecule has 3 rings (SSSR count). The van der Waals surface area contributed by atoms with Crippen molar-refractivity contribution < 1.29 is 9.47 Å². The van der Waals surface area contributed by atoms with Crippen LogP contribution < -0.4 is 14.8 Å². The molecule has 1 atom stereocenters. The molecule has 0 spiro atoms. The summed E-state index contributed by atoms with van der Waals surface area (Å²) >= 11 is 0. The third-order valence-electron chi connectivity index (χ3n) is 4.61. The molecular weight excluding hydrogens is 300 g/mol. The molecule has 0 aromatic heterocycles. The van der Waals surface area contributed by atoms with Crippen molar-refractivity contribution in [2.24, 2.45) is 0 Å². The highest BCUT2D eigenvalue weighted by atomic mass is 16.5. The van der Waals surface area contributed by atoms with Gasteiger partial charge in [0.2, 0.25) is 0 Å². The Morgan fingerprint density at radius 2 is 1.79 bits per heavy atom. The van der Waals surface area contributed by atoms with Gasteiger partial charge in [-0.05, 0) is 30.2 Å². The Morgan fingerprint density at radius 3 is 2.50 bits per heavy atom. The SMILES string of the molecule is COc1cc(C(C)N2CCNCC2)ccc1OCc1ccccc1. The molecule has 2 aromatic rings. The van der Waals surface area contributed by atoms with Gasteiger partial charge in [0.1, 0.15) is 6.61 Å². The average Bonchev–Trinajstić information content (AvgIpc) is 2.67. The molecule has 1 aliphatic heterocycles. The van der Waals surface area contributed by atoms with Gasteiger partial charge in [-0.15, -0.1) is 0 Å². The minimum atomic E-state index is 0.379. The molecule has 0 bridgehead atoms. The number of hydrogen-bond acceptors (Lipinski definition) is 4. The first-order valence-electron chi connectivity index (χ1n) is 8.57. The quantitative estimate of drug-likeness (QED) is 0.883. The van der Waals surface area contributed by atoms with Crippen LogP contribution >= 0.6 is 0 Å². The monoisotopic (exact) mass is 326 g/mol. The first-order valence-corrected chi connectivity index (χ1v) is 8.57. The highest BCUT2D eigenvalue weighted by molar-refractivity contribution is 5.44. The molecule has 2 aromatic carbocycles. The first kappa shape index (κ1) is 16.8. The molecule has 0 aliphatic carbocycles. The summed E-state index contributed by atoms with van der Waals surface area (Å²) in [6.07, 6.45) is 0. The minimum absolute atomic E-state index is 0.379. The number of rotatable bonds is 6. The van der Waals surface area contributed by atoms with E-state index in [0.717, 1.165) is 43.2 Å². The van der Waals surface area contributed by atoms with E-state index in [1.807, 2.05) is 24.3 Å². The molecule has 1 aliphatic rings. The van der Waals surface area contributed by atoms with Crippen LogP contribution in [0.5, 0.6) is 11.5 Å². The number of piperazine rings is 1. The molecule has 1 heterocycles. The first-order chi connectivity index (χ1) is 11.8. The Morgan fingerprint density at radius 1 is 1.04 bits per heavy atom. The molecule has 128 valence electrons. The molecular formula is C20H26N2O2. The summed E-state index contributed by atoms with van der Waals surface area (Å²) in [4.78, 5) is 2.50. The van der Waals surface area contributed by atoms with Crippen molar-refractivity contribution in [2.75, 3.05) is 33.3 Å². The van der Waals surface area contributed by atoms with Gasteiger partial charge in [0.15, 0.2) is 11.5 Å². The van der Waals surface area contributed by atoms with Gasteiger partial charge in [0.05, 0.1) is 7.11 Å². The molecule has 0 radical (unpaired) electrons. The topological polar surface area (TPSA) is 33.7 Å². The summed E-state index contributed by atoms with van der Waals surface area (Å²) in [5, 5.41) is 3.40. The fourth-order valence-corrected chi connectivity index (χ4v) is 3.08.